The molecule has 3 heteroatoms. The van der Waals surface area contributed by atoms with Gasteiger partial charge in [0.2, 0.25) is 0 Å². The van der Waals surface area contributed by atoms with Crippen LogP contribution in [0.1, 0.15) is 6.92 Å². The predicted molar refractivity (Wildman–Crippen MR) is 48.6 cm³/mol. The lowest BCUT2D eigenvalue weighted by molar-refractivity contribution is -0.129. The molecule has 0 saturated carbocycles. The average Bonchev–Trinajstić information content (AvgIpc) is 2.09. The van der Waals surface area contributed by atoms with Gasteiger partial charge >= 0.3 is 5.97 Å². The molecule has 0 spiro atoms. The number of carbonyl (C=O) groups excluding carboxylic acids is 1. The molecule has 0 unspecified atom stereocenters. The van der Waals surface area contributed by atoms with E-state index in [4.69, 9.17) is 9.84 Å². The highest BCUT2D eigenvalue weighted by Gasteiger charge is 1.98. The van der Waals surface area contributed by atoms with Crippen LogP contribution in [-0.4, -0.2) is 11.1 Å². The number of hydrogen-bond acceptors (Lipinski definition) is 3. The first kappa shape index (κ1) is 9.32. The molecule has 68 valence electrons. The third-order valence-corrected chi connectivity index (χ3v) is 1.36. The Morgan fingerprint density at radius 3 is 2.54 bits per heavy atom. The van der Waals surface area contributed by atoms with Crippen LogP contribution >= 0.6 is 0 Å². The van der Waals surface area contributed by atoms with E-state index in [-0.39, 0.29) is 5.75 Å². The Morgan fingerprint density at radius 1 is 1.38 bits per heavy atom. The van der Waals surface area contributed by atoms with Crippen molar-refractivity contribution in [3.05, 3.63) is 36.4 Å². The first-order valence-corrected chi connectivity index (χ1v) is 3.86. The molecule has 0 radical (unpaired) electrons. The molecular formula is C10H10O3. The maximum Gasteiger partial charge on any atom is 0.335 e. The van der Waals surface area contributed by atoms with Gasteiger partial charge in [-0.3, -0.25) is 0 Å². The standard InChI is InChI=1S/C10H10O3/c1-2-3-10(12)13-9-6-4-8(11)5-7-9/h2-7,11H,1H3. The van der Waals surface area contributed by atoms with Gasteiger partial charge in [0.15, 0.2) is 0 Å². The zero-order chi connectivity index (χ0) is 9.68. The minimum Gasteiger partial charge on any atom is -0.508 e. The van der Waals surface area contributed by atoms with Gasteiger partial charge in [-0.25, -0.2) is 4.79 Å². The van der Waals surface area contributed by atoms with Crippen LogP contribution in [0.3, 0.4) is 0 Å². The molecule has 0 bridgehead atoms. The van der Waals surface area contributed by atoms with E-state index in [0.717, 1.165) is 0 Å². The van der Waals surface area contributed by atoms with Crippen LogP contribution in [0, 0.1) is 0 Å². The molecule has 0 aliphatic heterocycles. The smallest absolute Gasteiger partial charge is 0.335 e. The van der Waals surface area contributed by atoms with Gasteiger partial charge in [0, 0.05) is 6.08 Å². The lowest BCUT2D eigenvalue weighted by Crippen LogP contribution is -2.02. The van der Waals surface area contributed by atoms with Crippen LogP contribution in [0.5, 0.6) is 11.5 Å². The summed E-state index contributed by atoms with van der Waals surface area (Å²) in [5, 5.41) is 8.94. The summed E-state index contributed by atoms with van der Waals surface area (Å²) in [4.78, 5) is 10.9. The van der Waals surface area contributed by atoms with Gasteiger partial charge in [-0.1, -0.05) is 6.08 Å². The van der Waals surface area contributed by atoms with E-state index in [1.807, 2.05) is 0 Å². The van der Waals surface area contributed by atoms with Crippen LogP contribution in [0.25, 0.3) is 0 Å². The van der Waals surface area contributed by atoms with E-state index in [2.05, 4.69) is 0 Å². The van der Waals surface area contributed by atoms with Crippen molar-refractivity contribution >= 4 is 5.97 Å². The van der Waals surface area contributed by atoms with Gasteiger partial charge in [0.1, 0.15) is 11.5 Å². The first-order chi connectivity index (χ1) is 6.22. The van der Waals surface area contributed by atoms with Gasteiger partial charge in [0.25, 0.3) is 0 Å². The first-order valence-electron chi connectivity index (χ1n) is 3.86. The van der Waals surface area contributed by atoms with Crippen molar-refractivity contribution in [1.82, 2.24) is 0 Å². The Bertz CT molecular complexity index is 311. The summed E-state index contributed by atoms with van der Waals surface area (Å²) in [6, 6.07) is 5.96. The van der Waals surface area contributed by atoms with Gasteiger partial charge in [0.05, 0.1) is 0 Å². The lowest BCUT2D eigenvalue weighted by atomic mass is 10.3. The Morgan fingerprint density at radius 2 is 2.00 bits per heavy atom. The number of carbonyl (C=O) groups is 1. The molecule has 0 aliphatic carbocycles. The summed E-state index contributed by atoms with van der Waals surface area (Å²) < 4.78 is 4.87. The zero-order valence-corrected chi connectivity index (χ0v) is 7.23. The number of hydrogen-bond donors (Lipinski definition) is 1. The van der Waals surface area contributed by atoms with Crippen molar-refractivity contribution in [3.63, 3.8) is 0 Å². The number of allylic oxidation sites excluding steroid dienone is 1. The van der Waals surface area contributed by atoms with E-state index < -0.39 is 5.97 Å². The summed E-state index contributed by atoms with van der Waals surface area (Å²) in [5.41, 5.74) is 0. The fourth-order valence-corrected chi connectivity index (χ4v) is 0.800. The maximum absolute atomic E-state index is 10.9. The van der Waals surface area contributed by atoms with E-state index in [0.29, 0.717) is 5.75 Å². The number of phenolic OH excluding ortho intramolecular Hbond substituents is 1. The summed E-state index contributed by atoms with van der Waals surface area (Å²) in [7, 11) is 0. The predicted octanol–water partition coefficient (Wildman–Crippen LogP) is 1.87. The topological polar surface area (TPSA) is 46.5 Å². The molecule has 0 atom stereocenters. The fourth-order valence-electron chi connectivity index (χ4n) is 0.800. The molecule has 0 saturated heterocycles. The van der Waals surface area contributed by atoms with Crippen molar-refractivity contribution in [3.8, 4) is 11.5 Å². The molecule has 3 nitrogen and oxygen atoms in total. The van der Waals surface area contributed by atoms with E-state index >= 15 is 0 Å². The molecule has 1 N–H and O–H groups in total. The molecule has 1 aromatic carbocycles. The minimum absolute atomic E-state index is 0.144. The highest BCUT2D eigenvalue weighted by molar-refractivity contribution is 5.83. The van der Waals surface area contributed by atoms with Crippen molar-refractivity contribution < 1.29 is 14.6 Å². The monoisotopic (exact) mass is 178 g/mol. The molecule has 0 heterocycles. The number of ether oxygens (including phenoxy) is 1. The van der Waals surface area contributed by atoms with Crippen molar-refractivity contribution in [2.45, 2.75) is 6.92 Å². The van der Waals surface area contributed by atoms with Crippen LogP contribution in [0.4, 0.5) is 0 Å². The number of esters is 1. The third kappa shape index (κ3) is 2.99. The van der Waals surface area contributed by atoms with Crippen molar-refractivity contribution in [1.29, 1.82) is 0 Å². The van der Waals surface area contributed by atoms with Crippen molar-refractivity contribution in [2.75, 3.05) is 0 Å². The van der Waals surface area contributed by atoms with Gasteiger partial charge in [-0.15, -0.1) is 0 Å². The van der Waals surface area contributed by atoms with E-state index in [1.165, 1.54) is 30.3 Å². The van der Waals surface area contributed by atoms with Crippen LogP contribution in [0.2, 0.25) is 0 Å². The summed E-state index contributed by atoms with van der Waals surface area (Å²) in [5.74, 6) is 0.139. The SMILES string of the molecule is CC=CC(=O)Oc1ccc(O)cc1. The number of rotatable bonds is 2. The number of benzene rings is 1. The van der Waals surface area contributed by atoms with Crippen LogP contribution < -0.4 is 4.74 Å². The quantitative estimate of drug-likeness (QED) is 0.427. The summed E-state index contributed by atoms with van der Waals surface area (Å²) in [6.45, 7) is 1.73. The highest BCUT2D eigenvalue weighted by atomic mass is 16.5. The minimum atomic E-state index is -0.423. The Balaban J connectivity index is 2.64. The fraction of sp³-hybridized carbons (Fsp3) is 0.100. The largest absolute Gasteiger partial charge is 0.508 e. The van der Waals surface area contributed by atoms with Gasteiger partial charge < -0.3 is 9.84 Å². The Kier molecular flexibility index (Phi) is 3.09. The third-order valence-electron chi connectivity index (χ3n) is 1.36. The summed E-state index contributed by atoms with van der Waals surface area (Å²) in [6.07, 6.45) is 2.93. The highest BCUT2D eigenvalue weighted by Crippen LogP contribution is 2.15. The normalized spacial score (nSPS) is 10.2. The van der Waals surface area contributed by atoms with Gasteiger partial charge in [-0.2, -0.15) is 0 Å². The number of aromatic hydroxyl groups is 1. The van der Waals surface area contributed by atoms with Gasteiger partial charge in [-0.05, 0) is 31.2 Å². The second-order valence-electron chi connectivity index (χ2n) is 2.41. The average molecular weight is 178 g/mol. The molecule has 1 rings (SSSR count). The lowest BCUT2D eigenvalue weighted by Gasteiger charge is -1.99. The molecule has 13 heavy (non-hydrogen) atoms. The molecule has 0 aromatic heterocycles. The molecular weight excluding hydrogens is 168 g/mol. The molecule has 0 aliphatic rings. The molecule has 0 fully saturated rings. The zero-order valence-electron chi connectivity index (χ0n) is 7.23. The van der Waals surface area contributed by atoms with E-state index in [9.17, 15) is 4.79 Å². The van der Waals surface area contributed by atoms with Crippen molar-refractivity contribution in [2.24, 2.45) is 0 Å². The number of phenols is 1. The molecule has 1 aromatic rings. The Hall–Kier alpha value is -1.77. The second-order valence-corrected chi connectivity index (χ2v) is 2.41. The van der Waals surface area contributed by atoms with E-state index in [1.54, 1.807) is 13.0 Å². The Labute approximate surface area is 76.3 Å². The van der Waals surface area contributed by atoms with Crippen LogP contribution in [0.15, 0.2) is 36.4 Å². The maximum atomic E-state index is 10.9. The molecule has 0 amide bonds. The second kappa shape index (κ2) is 4.30. The summed E-state index contributed by atoms with van der Waals surface area (Å²) >= 11 is 0. The van der Waals surface area contributed by atoms with Crippen LogP contribution in [-0.2, 0) is 4.79 Å².